The van der Waals surface area contributed by atoms with Gasteiger partial charge in [-0.05, 0) is 13.1 Å². The van der Waals surface area contributed by atoms with Crippen LogP contribution in [0.2, 0.25) is 0 Å². The number of ether oxygens (including phenoxy) is 2. The molecular weight excluding hydrogens is 273 g/mol. The van der Waals surface area contributed by atoms with E-state index in [0.717, 1.165) is 0 Å². The van der Waals surface area contributed by atoms with Gasteiger partial charge in [0.05, 0.1) is 6.61 Å². The molecule has 0 amide bonds. The summed E-state index contributed by atoms with van der Waals surface area (Å²) < 4.78 is 34.3. The van der Waals surface area contributed by atoms with E-state index >= 15 is 0 Å². The Hall–Kier alpha value is 0.565. The Kier molecular flexibility index (Phi) is 4.58. The van der Waals surface area contributed by atoms with Gasteiger partial charge in [0.15, 0.2) is 7.37 Å². The van der Waals surface area contributed by atoms with Gasteiger partial charge in [-0.25, -0.2) is 0 Å². The van der Waals surface area contributed by atoms with Crippen LogP contribution >= 0.6 is 16.2 Å². The molecule has 0 aromatic heterocycles. The Morgan fingerprint density at radius 3 is 2.78 bits per heavy atom. The van der Waals surface area contributed by atoms with Crippen molar-refractivity contribution in [1.29, 1.82) is 0 Å². The summed E-state index contributed by atoms with van der Waals surface area (Å²) in [5.41, 5.74) is -0.618. The zero-order chi connectivity index (χ0) is 13.4. The van der Waals surface area contributed by atoms with Crippen LogP contribution in [0.15, 0.2) is 0 Å². The van der Waals surface area contributed by atoms with Crippen LogP contribution in [0, 0.1) is 0 Å². The lowest BCUT2D eigenvalue weighted by Gasteiger charge is -2.39. The van der Waals surface area contributed by atoms with Crippen LogP contribution in [0.3, 0.4) is 0 Å². The van der Waals surface area contributed by atoms with Crippen molar-refractivity contribution in [3.8, 4) is 0 Å². The first kappa shape index (κ1) is 15.0. The Bertz CT molecular complexity index is 341. The molecule has 2 aliphatic rings. The first-order valence-electron chi connectivity index (χ1n) is 5.94. The predicted molar refractivity (Wildman–Crippen MR) is 72.2 cm³/mol. The molecule has 2 rings (SSSR count). The summed E-state index contributed by atoms with van der Waals surface area (Å²) in [5, 5.41) is 0. The fraction of sp³-hybridized carbons (Fsp3) is 1.00. The molecule has 2 fully saturated rings. The van der Waals surface area contributed by atoms with Crippen LogP contribution < -0.4 is 0 Å². The first-order valence-corrected chi connectivity index (χ1v) is 9.60. The lowest BCUT2D eigenvalue weighted by molar-refractivity contribution is -0.0913. The van der Waals surface area contributed by atoms with E-state index in [0.29, 0.717) is 21.4 Å². The second kappa shape index (κ2) is 5.51. The van der Waals surface area contributed by atoms with Crippen molar-refractivity contribution >= 4 is 24.0 Å². The third kappa shape index (κ3) is 2.70. The van der Waals surface area contributed by atoms with Crippen molar-refractivity contribution in [2.24, 2.45) is 0 Å². The minimum absolute atomic E-state index is 0.253. The quantitative estimate of drug-likeness (QED) is 0.578. The number of rotatable bonds is 3. The number of hydrogen-bond acceptors (Lipinski definition) is 5. The van der Waals surface area contributed by atoms with E-state index in [1.807, 2.05) is 6.66 Å². The number of methoxy groups -OCH3 is 1. The van der Waals surface area contributed by atoms with Gasteiger partial charge >= 0.3 is 0 Å². The van der Waals surface area contributed by atoms with Crippen LogP contribution in [0.4, 0.5) is 0 Å². The van der Waals surface area contributed by atoms with Crippen LogP contribution in [-0.2, 0) is 23.1 Å². The number of hydrogen-bond donors (Lipinski definition) is 0. The third-order valence-corrected chi connectivity index (χ3v) is 5.75. The molecule has 3 unspecified atom stereocenters. The van der Waals surface area contributed by atoms with Gasteiger partial charge in [-0.15, -0.1) is 0 Å². The molecule has 102 valence electrons. The monoisotopic (exact) mass is 292 g/mol. The summed E-state index contributed by atoms with van der Waals surface area (Å²) in [6, 6.07) is -0.533. The molecule has 2 aliphatic heterocycles. The van der Waals surface area contributed by atoms with Gasteiger partial charge < -0.3 is 18.5 Å². The van der Waals surface area contributed by atoms with Gasteiger partial charge in [0.2, 0.25) is 0 Å². The van der Waals surface area contributed by atoms with E-state index in [2.05, 4.69) is 0 Å². The highest BCUT2D eigenvalue weighted by atomic mass is 31.2. The molecule has 0 aliphatic carbocycles. The molecule has 18 heavy (non-hydrogen) atoms. The highest BCUT2D eigenvalue weighted by molar-refractivity contribution is 7.58. The van der Waals surface area contributed by atoms with Crippen LogP contribution in [-0.4, -0.2) is 64.9 Å². The van der Waals surface area contributed by atoms with Gasteiger partial charge in [-0.3, -0.25) is 4.57 Å². The van der Waals surface area contributed by atoms with Crippen molar-refractivity contribution in [2.45, 2.75) is 30.2 Å². The van der Waals surface area contributed by atoms with Gasteiger partial charge in [0.1, 0.15) is 25.7 Å². The fourth-order valence-electron chi connectivity index (χ4n) is 2.53. The normalized spacial score (nSPS) is 49.4. The molecule has 0 N–H and O–H groups in total. The maximum Gasteiger partial charge on any atom is 0.200 e. The molecule has 0 bridgehead atoms. The molecule has 2 radical (unpaired) electrons. The maximum absolute atomic E-state index is 11.9. The third-order valence-electron chi connectivity index (χ3n) is 3.55. The van der Waals surface area contributed by atoms with Crippen molar-refractivity contribution in [3.05, 3.63) is 0 Å². The standard InChI is InChI=1S/C10H19BO5P2/c1-13-7-8(16-17-2)10(15-9(7)11)4-5-18(3,12)14-6-10/h7-9,17H,4-6H2,1-3H3/t7-,8?,9+,10+,18?/m0/s1. The zero-order valence-corrected chi connectivity index (χ0v) is 12.8. The largest absolute Gasteiger partial charge is 0.377 e. The van der Waals surface area contributed by atoms with E-state index in [1.54, 1.807) is 13.8 Å². The fourth-order valence-corrected chi connectivity index (χ4v) is 4.54. The van der Waals surface area contributed by atoms with Crippen molar-refractivity contribution in [3.63, 3.8) is 0 Å². The van der Waals surface area contributed by atoms with E-state index in [-0.39, 0.29) is 18.8 Å². The van der Waals surface area contributed by atoms with Crippen LogP contribution in [0.1, 0.15) is 6.42 Å². The molecule has 0 aromatic carbocycles. The zero-order valence-electron chi connectivity index (χ0n) is 10.9. The Balaban J connectivity index is 2.18. The van der Waals surface area contributed by atoms with E-state index in [1.165, 1.54) is 0 Å². The molecule has 0 saturated carbocycles. The van der Waals surface area contributed by atoms with Crippen molar-refractivity contribution < 1.29 is 23.1 Å². The molecule has 0 aromatic rings. The summed E-state index contributed by atoms with van der Waals surface area (Å²) in [6.07, 6.45) is 0.545. The average molecular weight is 292 g/mol. The van der Waals surface area contributed by atoms with E-state index in [9.17, 15) is 4.57 Å². The highest BCUT2D eigenvalue weighted by Gasteiger charge is 2.57. The summed E-state index contributed by atoms with van der Waals surface area (Å²) in [5.74, 6) is 0. The van der Waals surface area contributed by atoms with Crippen LogP contribution in [0.25, 0.3) is 0 Å². The van der Waals surface area contributed by atoms with Crippen LogP contribution in [0.5, 0.6) is 0 Å². The minimum Gasteiger partial charge on any atom is -0.377 e. The Labute approximate surface area is 111 Å². The van der Waals surface area contributed by atoms with Gasteiger partial charge in [-0.1, -0.05) is 0 Å². The van der Waals surface area contributed by atoms with Crippen molar-refractivity contribution in [1.82, 2.24) is 0 Å². The summed E-state index contributed by atoms with van der Waals surface area (Å²) in [4.78, 5) is 0. The lowest BCUT2D eigenvalue weighted by Crippen LogP contribution is -2.50. The average Bonchev–Trinajstić information content (AvgIpc) is 2.57. The lowest BCUT2D eigenvalue weighted by atomic mass is 9.88. The highest BCUT2D eigenvalue weighted by Crippen LogP contribution is 2.53. The predicted octanol–water partition coefficient (Wildman–Crippen LogP) is 1.20. The molecule has 2 saturated heterocycles. The van der Waals surface area contributed by atoms with Gasteiger partial charge in [0.25, 0.3) is 0 Å². The molecular formula is C10H19BO5P2. The Morgan fingerprint density at radius 1 is 1.56 bits per heavy atom. The van der Waals surface area contributed by atoms with E-state index < -0.39 is 19.0 Å². The topological polar surface area (TPSA) is 54.0 Å². The first-order chi connectivity index (χ1) is 8.44. The smallest absolute Gasteiger partial charge is 0.200 e. The van der Waals surface area contributed by atoms with Gasteiger partial charge in [-0.2, -0.15) is 0 Å². The second-order valence-electron chi connectivity index (χ2n) is 4.85. The minimum atomic E-state index is -2.47. The Morgan fingerprint density at radius 2 is 2.28 bits per heavy atom. The molecule has 2 heterocycles. The van der Waals surface area contributed by atoms with E-state index in [4.69, 9.17) is 26.4 Å². The molecule has 1 spiro atoms. The molecule has 8 heteroatoms. The molecule has 6 atom stereocenters. The second-order valence-corrected chi connectivity index (χ2v) is 8.23. The summed E-state index contributed by atoms with van der Waals surface area (Å²) >= 11 is 0. The van der Waals surface area contributed by atoms with Gasteiger partial charge in [0, 0.05) is 34.7 Å². The summed E-state index contributed by atoms with van der Waals surface area (Å²) in [7, 11) is 5.37. The maximum atomic E-state index is 11.9. The SMILES string of the molecule is [B][C@@H]1O[C@@]2(CCP(C)(=O)OC2)C(OPC)[C@@H]1OC. The summed E-state index contributed by atoms with van der Waals surface area (Å²) in [6.45, 7) is 3.85. The van der Waals surface area contributed by atoms with Crippen molar-refractivity contribution in [2.75, 3.05) is 33.2 Å². The molecule has 5 nitrogen and oxygen atoms in total.